The number of hydrogen-bond donors (Lipinski definition) is 0. The van der Waals surface area contributed by atoms with Gasteiger partial charge in [-0.2, -0.15) is 0 Å². The second-order valence-corrected chi connectivity index (χ2v) is 5.35. The van der Waals surface area contributed by atoms with Crippen molar-refractivity contribution in [3.05, 3.63) is 22.3 Å². The number of halogens is 2. The molecule has 1 rings (SSSR count). The van der Waals surface area contributed by atoms with Gasteiger partial charge in [-0.3, -0.25) is 0 Å². The van der Waals surface area contributed by atoms with Gasteiger partial charge in [0, 0.05) is 19.8 Å². The van der Waals surface area contributed by atoms with Crippen molar-refractivity contribution >= 4 is 39.2 Å². The van der Waals surface area contributed by atoms with Crippen LogP contribution in [0, 0.1) is 27.7 Å². The monoisotopic (exact) mass is 272 g/mol. The van der Waals surface area contributed by atoms with Crippen LogP contribution in [0.1, 0.15) is 22.3 Å². The van der Waals surface area contributed by atoms with Crippen molar-refractivity contribution in [1.82, 2.24) is 0 Å². The Morgan fingerprint density at radius 2 is 1.41 bits per heavy atom. The first kappa shape index (κ1) is 14.3. The molecule has 0 amide bonds. The summed E-state index contributed by atoms with van der Waals surface area (Å²) in [5, 5.41) is 0. The van der Waals surface area contributed by atoms with E-state index in [0.717, 1.165) is 16.8 Å². The molecule has 0 radical (unpaired) electrons. The molecule has 0 spiro atoms. The number of nitrogens with zero attached hydrogens (tertiary/aromatic N) is 2. The van der Waals surface area contributed by atoms with Crippen molar-refractivity contribution in [2.24, 2.45) is 4.99 Å². The van der Waals surface area contributed by atoms with Gasteiger partial charge in [-0.15, -0.1) is 0 Å². The van der Waals surface area contributed by atoms with Crippen LogP contribution in [-0.2, 0) is 0 Å². The molecule has 0 N–H and O–H groups in total. The fraction of sp³-hybridized carbons (Fsp3) is 0.462. The number of rotatable bonds is 2. The Kier molecular flexibility index (Phi) is 4.45. The molecule has 2 nitrogen and oxygen atoms in total. The third kappa shape index (κ3) is 2.75. The molecule has 0 unspecified atom stereocenters. The van der Waals surface area contributed by atoms with E-state index in [1.54, 1.807) is 0 Å². The summed E-state index contributed by atoms with van der Waals surface area (Å²) >= 11 is 11.4. The summed E-state index contributed by atoms with van der Waals surface area (Å²) in [6, 6.07) is 0. The lowest BCUT2D eigenvalue weighted by atomic mass is 9.95. The molecule has 0 fully saturated rings. The molecule has 0 bridgehead atoms. The summed E-state index contributed by atoms with van der Waals surface area (Å²) in [5.41, 5.74) is 6.79. The summed E-state index contributed by atoms with van der Waals surface area (Å²) in [4.78, 5) is 6.32. The quantitative estimate of drug-likeness (QED) is 0.727. The minimum atomic E-state index is 0.0455. The van der Waals surface area contributed by atoms with Gasteiger partial charge in [0.25, 0.3) is 0 Å². The van der Waals surface area contributed by atoms with E-state index in [1.165, 1.54) is 16.8 Å². The smallest absolute Gasteiger partial charge is 0.197 e. The minimum absolute atomic E-state index is 0.0455. The van der Waals surface area contributed by atoms with Gasteiger partial charge in [0.05, 0.1) is 5.69 Å². The molecule has 0 aliphatic carbocycles. The lowest BCUT2D eigenvalue weighted by Crippen LogP contribution is -2.13. The predicted molar refractivity (Wildman–Crippen MR) is 78.5 cm³/mol. The molecule has 0 saturated heterocycles. The van der Waals surface area contributed by atoms with Crippen LogP contribution in [0.3, 0.4) is 0 Å². The van der Waals surface area contributed by atoms with Crippen LogP contribution < -0.4 is 4.90 Å². The zero-order valence-corrected chi connectivity index (χ0v) is 12.7. The van der Waals surface area contributed by atoms with Gasteiger partial charge in [-0.1, -0.05) is 0 Å². The van der Waals surface area contributed by atoms with Gasteiger partial charge in [-0.05, 0) is 73.2 Å². The highest BCUT2D eigenvalue weighted by molar-refractivity contribution is 6.95. The number of hydrogen-bond acceptors (Lipinski definition) is 2. The fourth-order valence-corrected chi connectivity index (χ4v) is 2.40. The molecule has 0 saturated carbocycles. The molecule has 0 aliphatic rings. The molecular weight excluding hydrogens is 255 g/mol. The first-order chi connectivity index (χ1) is 7.77. The van der Waals surface area contributed by atoms with E-state index in [9.17, 15) is 0 Å². The maximum Gasteiger partial charge on any atom is 0.197 e. The average molecular weight is 273 g/mol. The molecule has 1 aromatic rings. The lowest BCUT2D eigenvalue weighted by Gasteiger charge is -2.23. The average Bonchev–Trinajstić information content (AvgIpc) is 2.21. The van der Waals surface area contributed by atoms with Crippen molar-refractivity contribution in [3.8, 4) is 0 Å². The van der Waals surface area contributed by atoms with Crippen LogP contribution in [0.5, 0.6) is 0 Å². The van der Waals surface area contributed by atoms with Gasteiger partial charge < -0.3 is 4.90 Å². The highest BCUT2D eigenvalue weighted by Crippen LogP contribution is 2.37. The molecule has 4 heteroatoms. The molecule has 0 atom stereocenters. The molecule has 1 aromatic carbocycles. The van der Waals surface area contributed by atoms with Crippen LogP contribution in [0.25, 0.3) is 0 Å². The number of anilines is 1. The van der Waals surface area contributed by atoms with Crippen LogP contribution >= 0.6 is 23.2 Å². The maximum atomic E-state index is 5.68. The van der Waals surface area contributed by atoms with Crippen molar-refractivity contribution in [3.63, 3.8) is 0 Å². The number of benzene rings is 1. The van der Waals surface area contributed by atoms with E-state index in [1.807, 2.05) is 27.9 Å². The topological polar surface area (TPSA) is 15.6 Å². The summed E-state index contributed by atoms with van der Waals surface area (Å²) < 4.78 is 0.0455. The van der Waals surface area contributed by atoms with Gasteiger partial charge in [0.2, 0.25) is 0 Å². The Morgan fingerprint density at radius 3 is 1.82 bits per heavy atom. The normalized spacial score (nSPS) is 10.4. The van der Waals surface area contributed by atoms with Crippen molar-refractivity contribution < 1.29 is 0 Å². The number of aliphatic imine (C=N–C) groups is 1. The molecule has 94 valence electrons. The highest BCUT2D eigenvalue weighted by Gasteiger charge is 2.15. The summed E-state index contributed by atoms with van der Waals surface area (Å²) in [5.74, 6) is 0. The summed E-state index contributed by atoms with van der Waals surface area (Å²) in [6.45, 7) is 8.31. The van der Waals surface area contributed by atoms with Crippen molar-refractivity contribution in [2.75, 3.05) is 19.0 Å². The van der Waals surface area contributed by atoms with Gasteiger partial charge in [0.15, 0.2) is 4.63 Å². The van der Waals surface area contributed by atoms with Crippen molar-refractivity contribution in [1.29, 1.82) is 0 Å². The van der Waals surface area contributed by atoms with Gasteiger partial charge in [-0.25, -0.2) is 4.99 Å². The van der Waals surface area contributed by atoms with E-state index in [0.29, 0.717) is 0 Å². The van der Waals surface area contributed by atoms with Crippen LogP contribution in [0.15, 0.2) is 4.99 Å². The standard InChI is InChI=1S/C13H18Cl2N2/c1-7-8(2)11(16-13(14)15)10(4)12(9(7)3)17(5)6/h1-6H3. The van der Waals surface area contributed by atoms with E-state index >= 15 is 0 Å². The Hall–Kier alpha value is -0.730. The van der Waals surface area contributed by atoms with Crippen LogP contribution in [0.4, 0.5) is 11.4 Å². The van der Waals surface area contributed by atoms with Crippen molar-refractivity contribution in [2.45, 2.75) is 27.7 Å². The van der Waals surface area contributed by atoms with E-state index in [2.05, 4.69) is 23.7 Å². The van der Waals surface area contributed by atoms with E-state index in [4.69, 9.17) is 23.2 Å². The molecular formula is C13H18Cl2N2. The zero-order valence-electron chi connectivity index (χ0n) is 11.2. The molecule has 0 aromatic heterocycles. The second-order valence-electron chi connectivity index (χ2n) is 4.44. The van der Waals surface area contributed by atoms with E-state index < -0.39 is 0 Å². The first-order valence-corrected chi connectivity index (χ1v) is 6.20. The third-order valence-electron chi connectivity index (χ3n) is 3.19. The van der Waals surface area contributed by atoms with Gasteiger partial charge >= 0.3 is 0 Å². The first-order valence-electron chi connectivity index (χ1n) is 5.44. The SMILES string of the molecule is Cc1c(C)c(N=C(Cl)Cl)c(C)c(N(C)C)c1C. The molecule has 17 heavy (non-hydrogen) atoms. The predicted octanol–water partition coefficient (Wildman–Crippen LogP) is 4.45. The Morgan fingerprint density at radius 1 is 0.882 bits per heavy atom. The highest BCUT2D eigenvalue weighted by atomic mass is 35.5. The molecule has 0 aliphatic heterocycles. The second kappa shape index (κ2) is 5.28. The fourth-order valence-electron chi connectivity index (χ4n) is 2.23. The third-order valence-corrected chi connectivity index (χ3v) is 3.36. The van der Waals surface area contributed by atoms with Gasteiger partial charge in [0.1, 0.15) is 0 Å². The Labute approximate surface area is 113 Å². The summed E-state index contributed by atoms with van der Waals surface area (Å²) in [6.07, 6.45) is 0. The Bertz CT molecular complexity index is 473. The minimum Gasteiger partial charge on any atom is -0.377 e. The largest absolute Gasteiger partial charge is 0.377 e. The molecule has 0 heterocycles. The van der Waals surface area contributed by atoms with Crippen LogP contribution in [0.2, 0.25) is 0 Å². The van der Waals surface area contributed by atoms with E-state index in [-0.39, 0.29) is 4.63 Å². The summed E-state index contributed by atoms with van der Waals surface area (Å²) in [7, 11) is 4.06. The lowest BCUT2D eigenvalue weighted by molar-refractivity contribution is 1.08. The zero-order chi connectivity index (χ0) is 13.3. The maximum absolute atomic E-state index is 5.68. The van der Waals surface area contributed by atoms with Crippen LogP contribution in [-0.4, -0.2) is 18.7 Å². The Balaban J connectivity index is 3.68.